The number of rotatable bonds is 5. The van der Waals surface area contributed by atoms with Gasteiger partial charge in [0.25, 0.3) is 0 Å². The van der Waals surface area contributed by atoms with E-state index in [1.807, 2.05) is 32.0 Å². The van der Waals surface area contributed by atoms with Gasteiger partial charge in [-0.1, -0.05) is 29.8 Å². The zero-order valence-electron chi connectivity index (χ0n) is 13.3. The third kappa shape index (κ3) is 4.70. The first-order valence-electron chi connectivity index (χ1n) is 7.92. The number of hydrogen-bond acceptors (Lipinski definition) is 3. The van der Waals surface area contributed by atoms with Gasteiger partial charge >= 0.3 is 0 Å². The van der Waals surface area contributed by atoms with Crippen molar-refractivity contribution in [3.05, 3.63) is 34.9 Å². The van der Waals surface area contributed by atoms with Gasteiger partial charge in [0.15, 0.2) is 0 Å². The van der Waals surface area contributed by atoms with Crippen LogP contribution < -0.4 is 5.32 Å². The lowest BCUT2D eigenvalue weighted by atomic mass is 9.95. The second-order valence-corrected chi connectivity index (χ2v) is 6.68. The van der Waals surface area contributed by atoms with E-state index in [2.05, 4.69) is 10.2 Å². The molecule has 22 heavy (non-hydrogen) atoms. The third-order valence-corrected chi connectivity index (χ3v) is 4.43. The largest absolute Gasteiger partial charge is 0.387 e. The molecule has 1 aromatic rings. The highest BCUT2D eigenvalue weighted by Crippen LogP contribution is 2.25. The predicted molar refractivity (Wildman–Crippen MR) is 88.9 cm³/mol. The molecule has 1 aliphatic heterocycles. The van der Waals surface area contributed by atoms with Crippen LogP contribution in [0.15, 0.2) is 24.3 Å². The normalized spacial score (nSPS) is 18.4. The molecule has 0 aromatic heterocycles. The molecule has 0 spiro atoms. The molecule has 1 unspecified atom stereocenters. The number of aliphatic hydroxyl groups is 1. The smallest absolute Gasteiger partial charge is 0.223 e. The summed E-state index contributed by atoms with van der Waals surface area (Å²) in [5, 5.41) is 13.9. The van der Waals surface area contributed by atoms with Crippen molar-refractivity contribution in [1.29, 1.82) is 0 Å². The molecule has 0 bridgehead atoms. The highest BCUT2D eigenvalue weighted by Gasteiger charge is 2.26. The molecule has 2 N–H and O–H groups in total. The summed E-state index contributed by atoms with van der Waals surface area (Å²) in [6, 6.07) is 7.58. The summed E-state index contributed by atoms with van der Waals surface area (Å²) in [5.41, 5.74) is 0.767. The Morgan fingerprint density at radius 1 is 1.36 bits per heavy atom. The number of benzene rings is 1. The minimum atomic E-state index is -0.588. The second kappa shape index (κ2) is 7.95. The van der Waals surface area contributed by atoms with Crippen LogP contribution in [0.3, 0.4) is 0 Å². The maximum atomic E-state index is 12.0. The Bertz CT molecular complexity index is 499. The monoisotopic (exact) mass is 324 g/mol. The molecule has 1 amide bonds. The molecule has 1 aromatic carbocycles. The second-order valence-electron chi connectivity index (χ2n) is 6.28. The molecule has 0 radical (unpaired) electrons. The number of aliphatic hydroxyl groups excluding tert-OH is 1. The molecule has 1 saturated heterocycles. The first-order chi connectivity index (χ1) is 10.5. The summed E-state index contributed by atoms with van der Waals surface area (Å²) in [6.45, 7) is 6.18. The lowest BCUT2D eigenvalue weighted by molar-refractivity contribution is -0.127. The average Bonchev–Trinajstić information content (AvgIpc) is 2.47. The highest BCUT2D eigenvalue weighted by atomic mass is 35.5. The van der Waals surface area contributed by atoms with Crippen LogP contribution >= 0.6 is 11.6 Å². The number of likely N-dealkylation sites (tertiary alicyclic amines) is 1. The fourth-order valence-corrected chi connectivity index (χ4v) is 3.13. The molecule has 122 valence electrons. The van der Waals surface area contributed by atoms with E-state index in [1.54, 1.807) is 6.07 Å². The fourth-order valence-electron chi connectivity index (χ4n) is 2.87. The molecule has 1 atom stereocenters. The van der Waals surface area contributed by atoms with Crippen LogP contribution in [0, 0.1) is 5.92 Å². The zero-order valence-corrected chi connectivity index (χ0v) is 14.0. The van der Waals surface area contributed by atoms with Gasteiger partial charge in [0.2, 0.25) is 5.91 Å². The van der Waals surface area contributed by atoms with Crippen molar-refractivity contribution >= 4 is 17.5 Å². The van der Waals surface area contributed by atoms with E-state index in [-0.39, 0.29) is 17.9 Å². The molecule has 1 aliphatic rings. The van der Waals surface area contributed by atoms with Crippen molar-refractivity contribution in [1.82, 2.24) is 10.2 Å². The average molecular weight is 325 g/mol. The summed E-state index contributed by atoms with van der Waals surface area (Å²) in [7, 11) is 0. The Labute approximate surface area is 137 Å². The highest BCUT2D eigenvalue weighted by molar-refractivity contribution is 6.31. The van der Waals surface area contributed by atoms with Crippen LogP contribution in [0.1, 0.15) is 38.4 Å². The number of nitrogens with one attached hydrogen (secondary N) is 1. The number of piperidine rings is 1. The van der Waals surface area contributed by atoms with Crippen molar-refractivity contribution in [3.8, 4) is 0 Å². The summed E-state index contributed by atoms with van der Waals surface area (Å²) in [5.74, 6) is 0.248. The van der Waals surface area contributed by atoms with Gasteiger partial charge in [-0.2, -0.15) is 0 Å². The van der Waals surface area contributed by atoms with Gasteiger partial charge in [-0.05, 0) is 45.8 Å². The van der Waals surface area contributed by atoms with Gasteiger partial charge in [-0.25, -0.2) is 0 Å². The fraction of sp³-hybridized carbons (Fsp3) is 0.588. The molecule has 5 heteroatoms. The van der Waals surface area contributed by atoms with Crippen molar-refractivity contribution in [3.63, 3.8) is 0 Å². The minimum Gasteiger partial charge on any atom is -0.387 e. The minimum absolute atomic E-state index is 0.0936. The molecule has 2 rings (SSSR count). The van der Waals surface area contributed by atoms with Gasteiger partial charge in [-0.15, -0.1) is 0 Å². The van der Waals surface area contributed by atoms with Crippen LogP contribution in [0.4, 0.5) is 0 Å². The first-order valence-corrected chi connectivity index (χ1v) is 8.30. The Morgan fingerprint density at radius 3 is 2.59 bits per heavy atom. The number of nitrogens with zero attached hydrogens (tertiary/aromatic N) is 1. The number of β-amino-alcohol motifs (C(OH)–C–C–N with tert-alkyl or cyclic N) is 1. The number of hydrogen-bond donors (Lipinski definition) is 2. The first kappa shape index (κ1) is 17.3. The van der Waals surface area contributed by atoms with E-state index in [1.165, 1.54) is 0 Å². The van der Waals surface area contributed by atoms with Crippen molar-refractivity contribution < 1.29 is 9.90 Å². The molecule has 1 fully saturated rings. The van der Waals surface area contributed by atoms with Crippen LogP contribution in [0.2, 0.25) is 5.02 Å². The molecular formula is C17H25ClN2O2. The molecular weight excluding hydrogens is 300 g/mol. The SMILES string of the molecule is CC(C)NC(=O)C1CCN(CC(O)c2ccccc2Cl)CC1. The van der Waals surface area contributed by atoms with Crippen molar-refractivity contribution in [2.75, 3.05) is 19.6 Å². The quantitative estimate of drug-likeness (QED) is 0.875. The van der Waals surface area contributed by atoms with Gasteiger partial charge in [-0.3, -0.25) is 4.79 Å². The van der Waals surface area contributed by atoms with Crippen molar-refractivity contribution in [2.24, 2.45) is 5.92 Å². The van der Waals surface area contributed by atoms with Crippen LogP contribution in [-0.2, 0) is 4.79 Å². The van der Waals surface area contributed by atoms with E-state index in [9.17, 15) is 9.90 Å². The molecule has 4 nitrogen and oxygen atoms in total. The van der Waals surface area contributed by atoms with Gasteiger partial charge in [0, 0.05) is 29.1 Å². The van der Waals surface area contributed by atoms with E-state index in [0.29, 0.717) is 11.6 Å². The van der Waals surface area contributed by atoms with E-state index in [0.717, 1.165) is 31.5 Å². The summed E-state index contributed by atoms with van der Waals surface area (Å²) < 4.78 is 0. The molecule has 0 aliphatic carbocycles. The summed E-state index contributed by atoms with van der Waals surface area (Å²) >= 11 is 6.12. The van der Waals surface area contributed by atoms with Crippen LogP contribution in [0.25, 0.3) is 0 Å². The third-order valence-electron chi connectivity index (χ3n) is 4.08. The Balaban J connectivity index is 1.82. The summed E-state index contributed by atoms with van der Waals surface area (Å²) in [4.78, 5) is 14.2. The Morgan fingerprint density at radius 2 is 2.00 bits per heavy atom. The summed E-state index contributed by atoms with van der Waals surface area (Å²) in [6.07, 6.45) is 1.09. The maximum Gasteiger partial charge on any atom is 0.223 e. The van der Waals surface area contributed by atoms with E-state index < -0.39 is 6.10 Å². The predicted octanol–water partition coefficient (Wildman–Crippen LogP) is 2.61. The molecule has 0 saturated carbocycles. The number of carbonyl (C=O) groups is 1. The van der Waals surface area contributed by atoms with E-state index in [4.69, 9.17) is 11.6 Å². The van der Waals surface area contributed by atoms with Gasteiger partial charge in [0.05, 0.1) is 6.10 Å². The molecule has 1 heterocycles. The standard InChI is InChI=1S/C17H25ClN2O2/c1-12(2)19-17(22)13-7-9-20(10-8-13)11-16(21)14-5-3-4-6-15(14)18/h3-6,12-13,16,21H,7-11H2,1-2H3,(H,19,22). The van der Waals surface area contributed by atoms with E-state index >= 15 is 0 Å². The lowest BCUT2D eigenvalue weighted by Gasteiger charge is -2.33. The van der Waals surface area contributed by atoms with Gasteiger partial charge < -0.3 is 15.3 Å². The lowest BCUT2D eigenvalue weighted by Crippen LogP contribution is -2.43. The topological polar surface area (TPSA) is 52.6 Å². The van der Waals surface area contributed by atoms with Crippen molar-refractivity contribution in [2.45, 2.75) is 38.8 Å². The van der Waals surface area contributed by atoms with Crippen LogP contribution in [0.5, 0.6) is 0 Å². The Hall–Kier alpha value is -1.10. The number of amides is 1. The Kier molecular flexibility index (Phi) is 6.24. The maximum absolute atomic E-state index is 12.0. The van der Waals surface area contributed by atoms with Crippen LogP contribution in [-0.4, -0.2) is 41.6 Å². The number of carbonyl (C=O) groups excluding carboxylic acids is 1. The number of halogens is 1. The van der Waals surface area contributed by atoms with Gasteiger partial charge in [0.1, 0.15) is 0 Å². The zero-order chi connectivity index (χ0) is 16.1.